The molecule has 0 amide bonds. The van der Waals surface area contributed by atoms with E-state index < -0.39 is 0 Å². The highest BCUT2D eigenvalue weighted by atomic mass is 35.5. The minimum Gasteiger partial charge on any atom is -0.360 e. The second kappa shape index (κ2) is 3.30. The van der Waals surface area contributed by atoms with Crippen molar-refractivity contribution in [1.29, 1.82) is 0 Å². The van der Waals surface area contributed by atoms with Gasteiger partial charge in [-0.05, 0) is 36.6 Å². The molecule has 0 unspecified atom stereocenters. The van der Waals surface area contributed by atoms with Crippen molar-refractivity contribution >= 4 is 22.5 Å². The van der Waals surface area contributed by atoms with Crippen molar-refractivity contribution in [3.8, 4) is 0 Å². The maximum absolute atomic E-state index is 6.09. The molecule has 0 aliphatic heterocycles. The first-order chi connectivity index (χ1) is 6.65. The fourth-order valence-corrected chi connectivity index (χ4v) is 2.27. The molecule has 0 bridgehead atoms. The van der Waals surface area contributed by atoms with E-state index in [1.54, 1.807) is 0 Å². The number of aryl methyl sites for hydroxylation is 2. The van der Waals surface area contributed by atoms with Crippen LogP contribution in [0.1, 0.15) is 16.7 Å². The topological polar surface area (TPSA) is 41.8 Å². The summed E-state index contributed by atoms with van der Waals surface area (Å²) in [5.74, 6) is 0. The number of benzene rings is 1. The molecule has 74 valence electrons. The maximum atomic E-state index is 6.09. The molecule has 2 rings (SSSR count). The van der Waals surface area contributed by atoms with Crippen LogP contribution in [-0.4, -0.2) is 4.98 Å². The summed E-state index contributed by atoms with van der Waals surface area (Å²) in [5, 5.41) is 1.87. The number of fused-ring (bicyclic) bond motifs is 1. The number of nitrogens with two attached hydrogens (primary N) is 1. The first kappa shape index (κ1) is 9.56. The monoisotopic (exact) mass is 208 g/mol. The van der Waals surface area contributed by atoms with Gasteiger partial charge in [0.1, 0.15) is 0 Å². The van der Waals surface area contributed by atoms with Crippen molar-refractivity contribution in [3.63, 3.8) is 0 Å². The van der Waals surface area contributed by atoms with E-state index in [2.05, 4.69) is 24.9 Å². The van der Waals surface area contributed by atoms with Crippen LogP contribution in [0.2, 0.25) is 5.02 Å². The van der Waals surface area contributed by atoms with Gasteiger partial charge in [0.15, 0.2) is 0 Å². The second-order valence-corrected chi connectivity index (χ2v) is 3.97. The van der Waals surface area contributed by atoms with Crippen LogP contribution in [0.5, 0.6) is 0 Å². The first-order valence-electron chi connectivity index (χ1n) is 4.61. The van der Waals surface area contributed by atoms with E-state index in [0.717, 1.165) is 15.9 Å². The van der Waals surface area contributed by atoms with Gasteiger partial charge in [0.05, 0.1) is 5.02 Å². The van der Waals surface area contributed by atoms with Gasteiger partial charge in [-0.1, -0.05) is 11.6 Å². The lowest BCUT2D eigenvalue weighted by Gasteiger charge is -2.08. The second-order valence-electron chi connectivity index (χ2n) is 3.56. The first-order valence-corrected chi connectivity index (χ1v) is 4.98. The number of hydrogen-bond acceptors (Lipinski definition) is 1. The van der Waals surface area contributed by atoms with Gasteiger partial charge < -0.3 is 10.7 Å². The van der Waals surface area contributed by atoms with E-state index in [-0.39, 0.29) is 0 Å². The van der Waals surface area contributed by atoms with Crippen LogP contribution in [-0.2, 0) is 6.54 Å². The Bertz CT molecular complexity index is 485. The van der Waals surface area contributed by atoms with E-state index >= 15 is 0 Å². The summed E-state index contributed by atoms with van der Waals surface area (Å²) in [6.07, 6.45) is 1.82. The molecule has 0 saturated heterocycles. The quantitative estimate of drug-likeness (QED) is 0.744. The lowest BCUT2D eigenvalue weighted by atomic mass is 9.99. The Morgan fingerprint density at radius 3 is 2.79 bits per heavy atom. The summed E-state index contributed by atoms with van der Waals surface area (Å²) in [7, 11) is 0. The summed E-state index contributed by atoms with van der Waals surface area (Å²) in [6.45, 7) is 4.70. The van der Waals surface area contributed by atoms with Gasteiger partial charge in [-0.3, -0.25) is 0 Å². The van der Waals surface area contributed by atoms with Crippen LogP contribution < -0.4 is 5.73 Å². The average Bonchev–Trinajstić information content (AvgIpc) is 2.48. The van der Waals surface area contributed by atoms with E-state index in [1.165, 1.54) is 16.7 Å². The van der Waals surface area contributed by atoms with Crippen molar-refractivity contribution < 1.29 is 0 Å². The Labute approximate surface area is 88.1 Å². The standard InChI is InChI=1S/C11H13ClN2/c1-6-3-10-11(9(12)5-14-10)7(2)8(6)4-13/h3,5,14H,4,13H2,1-2H3. The fourth-order valence-electron chi connectivity index (χ4n) is 1.97. The van der Waals surface area contributed by atoms with E-state index in [4.69, 9.17) is 17.3 Å². The Morgan fingerprint density at radius 1 is 1.43 bits per heavy atom. The molecule has 2 nitrogen and oxygen atoms in total. The van der Waals surface area contributed by atoms with Gasteiger partial charge in [0, 0.05) is 23.6 Å². The Morgan fingerprint density at radius 2 is 2.14 bits per heavy atom. The van der Waals surface area contributed by atoms with Crippen LogP contribution in [0.25, 0.3) is 10.9 Å². The fraction of sp³-hybridized carbons (Fsp3) is 0.273. The van der Waals surface area contributed by atoms with Gasteiger partial charge in [-0.2, -0.15) is 0 Å². The molecule has 1 heterocycles. The molecular formula is C11H13ClN2. The molecule has 0 aliphatic rings. The average molecular weight is 209 g/mol. The molecule has 14 heavy (non-hydrogen) atoms. The Balaban J connectivity index is 2.89. The zero-order chi connectivity index (χ0) is 10.3. The Kier molecular flexibility index (Phi) is 2.25. The molecule has 0 aliphatic carbocycles. The lowest BCUT2D eigenvalue weighted by molar-refractivity contribution is 1.03. The third-order valence-electron chi connectivity index (χ3n) is 2.73. The van der Waals surface area contributed by atoms with Crippen molar-refractivity contribution in [2.24, 2.45) is 5.73 Å². The third-order valence-corrected chi connectivity index (χ3v) is 3.03. The van der Waals surface area contributed by atoms with E-state index in [1.807, 2.05) is 6.20 Å². The highest BCUT2D eigenvalue weighted by molar-refractivity contribution is 6.35. The van der Waals surface area contributed by atoms with E-state index in [9.17, 15) is 0 Å². The summed E-state index contributed by atoms with van der Waals surface area (Å²) >= 11 is 6.09. The van der Waals surface area contributed by atoms with Crippen LogP contribution in [0.4, 0.5) is 0 Å². The Hall–Kier alpha value is -0.990. The smallest absolute Gasteiger partial charge is 0.0662 e. The van der Waals surface area contributed by atoms with Crippen molar-refractivity contribution in [2.75, 3.05) is 0 Å². The van der Waals surface area contributed by atoms with Gasteiger partial charge in [0.25, 0.3) is 0 Å². The number of aromatic amines is 1. The zero-order valence-corrected chi connectivity index (χ0v) is 9.07. The zero-order valence-electron chi connectivity index (χ0n) is 8.32. The SMILES string of the molecule is Cc1cc2[nH]cc(Cl)c2c(C)c1CN. The van der Waals surface area contributed by atoms with Crippen LogP contribution in [0.3, 0.4) is 0 Å². The normalized spacial score (nSPS) is 11.1. The molecule has 0 fully saturated rings. The molecule has 3 N–H and O–H groups in total. The molecule has 2 aromatic rings. The minimum atomic E-state index is 0.565. The summed E-state index contributed by atoms with van der Waals surface area (Å²) in [5.41, 5.74) is 10.4. The van der Waals surface area contributed by atoms with Gasteiger partial charge >= 0.3 is 0 Å². The maximum Gasteiger partial charge on any atom is 0.0662 e. The van der Waals surface area contributed by atoms with Gasteiger partial charge in [-0.15, -0.1) is 0 Å². The van der Waals surface area contributed by atoms with Crippen LogP contribution in [0.15, 0.2) is 12.3 Å². The van der Waals surface area contributed by atoms with Crippen molar-refractivity contribution in [3.05, 3.63) is 34.0 Å². The van der Waals surface area contributed by atoms with Gasteiger partial charge in [0.2, 0.25) is 0 Å². The molecule has 1 aromatic heterocycles. The number of nitrogens with one attached hydrogen (secondary N) is 1. The summed E-state index contributed by atoms with van der Waals surface area (Å²) in [6, 6.07) is 2.09. The molecule has 0 atom stereocenters. The predicted octanol–water partition coefficient (Wildman–Crippen LogP) is 2.90. The molecule has 0 radical (unpaired) electrons. The van der Waals surface area contributed by atoms with Crippen LogP contribution >= 0.6 is 11.6 Å². The third kappa shape index (κ3) is 1.22. The largest absolute Gasteiger partial charge is 0.360 e. The molecule has 0 spiro atoms. The molecule has 3 heteroatoms. The number of H-pyrrole nitrogens is 1. The van der Waals surface area contributed by atoms with Crippen molar-refractivity contribution in [2.45, 2.75) is 20.4 Å². The minimum absolute atomic E-state index is 0.565. The highest BCUT2D eigenvalue weighted by Gasteiger charge is 2.10. The number of rotatable bonds is 1. The van der Waals surface area contributed by atoms with Crippen molar-refractivity contribution in [1.82, 2.24) is 4.98 Å². The van der Waals surface area contributed by atoms with Crippen LogP contribution in [0, 0.1) is 13.8 Å². The molecule has 0 saturated carbocycles. The highest BCUT2D eigenvalue weighted by Crippen LogP contribution is 2.30. The summed E-state index contributed by atoms with van der Waals surface area (Å²) in [4.78, 5) is 3.15. The molecule has 1 aromatic carbocycles. The lowest BCUT2D eigenvalue weighted by Crippen LogP contribution is -2.02. The number of halogens is 1. The number of aromatic nitrogens is 1. The molecular weight excluding hydrogens is 196 g/mol. The summed E-state index contributed by atoms with van der Waals surface area (Å²) < 4.78 is 0. The van der Waals surface area contributed by atoms with E-state index in [0.29, 0.717) is 6.54 Å². The van der Waals surface area contributed by atoms with Gasteiger partial charge in [-0.25, -0.2) is 0 Å². The number of hydrogen-bond donors (Lipinski definition) is 2. The predicted molar refractivity (Wildman–Crippen MR) is 60.7 cm³/mol.